The number of hydrogen-bond acceptors (Lipinski definition) is 21. The Bertz CT molecular complexity index is 2970. The van der Waals surface area contributed by atoms with Crippen LogP contribution in [0.25, 0.3) is 21.8 Å². The molecular weight excluding hydrogens is 1310 g/mol. The molecule has 0 bridgehead atoms. The standard InChI is InChI=1S/C9H6BrNO.C9H14N2O3S2.C9H7NO.C8H12N2OS.C5H11NO.C4H8O.C3H2ClNS.C2H6.CH3ClO2S.2CH3F.CH4.BHNS/c10-8-4-11-9-3-6(5-12)1-2-7(8)9;1-16(12,13)14-8-2-5-11(6-3-8)9-10-4-7-15-9;11-6-7-1-2-8-3-4-10-9(8)5-7;11-7-1-4-10(5-2-7)8-9-3-6-12-8;7-5-1-3-6-4-2-5;1-2-4-5-3-1;4-3-5-1-2-6-3;1-2;1-5(2,3)4;2*1-2;;1-2-3/h1-5,11H;4,7-8H,2-3,5-6H2,1H3;1-6,10H;3,6-7,11H,1-2,4-5H2;5-7H,1-4H2;1-4H2;1-2H;1-2H3;1H3;2*1H3;1H4;3H/i;;;;;;;1D;;2*1D;;. The maximum absolute atomic E-state index is 11.0. The van der Waals surface area contributed by atoms with Crippen molar-refractivity contribution in [3.05, 3.63) is 110 Å². The number of aromatic nitrogens is 5. The summed E-state index contributed by atoms with van der Waals surface area (Å²) in [6, 6.07) is 13.1. The Kier molecular flexibility index (Phi) is 45.6. The number of rotatable bonds is 6. The van der Waals surface area contributed by atoms with Crippen molar-refractivity contribution < 1.29 is 58.5 Å². The summed E-state index contributed by atoms with van der Waals surface area (Å²) in [5.41, 5.74) is 3.39. The predicted octanol–water partition coefficient (Wildman–Crippen LogP) is 12.4. The summed E-state index contributed by atoms with van der Waals surface area (Å²) in [5, 5.41) is 31.4. The second-order valence-corrected chi connectivity index (χ2v) is 25.7. The van der Waals surface area contributed by atoms with Gasteiger partial charge >= 0.3 is 24.8 Å². The van der Waals surface area contributed by atoms with E-state index in [9.17, 15) is 40.3 Å². The van der Waals surface area contributed by atoms with Crippen LogP contribution in [0.1, 0.15) is 97.4 Å². The van der Waals surface area contributed by atoms with E-state index in [1.54, 1.807) is 48.1 Å². The molecule has 4 aliphatic rings. The maximum atomic E-state index is 11.0. The number of carbonyl (C=O) groups is 2. The number of aliphatic hydroxyl groups excluding tert-OH is 2. The zero-order chi connectivity index (χ0) is 64.6. The molecule has 0 unspecified atom stereocenters. The van der Waals surface area contributed by atoms with E-state index >= 15 is 0 Å². The van der Waals surface area contributed by atoms with E-state index in [1.165, 1.54) is 24.2 Å². The number of aldehydes is 2. The molecule has 1 radical (unpaired) electrons. The third kappa shape index (κ3) is 39.8. The Morgan fingerprint density at radius 1 is 0.810 bits per heavy atom. The first-order chi connectivity index (χ1) is 41.1. The number of piperidine rings is 3. The number of halogens is 5. The number of thiazole rings is 3. The summed E-state index contributed by atoms with van der Waals surface area (Å²) >= 11 is 16.6. The summed E-state index contributed by atoms with van der Waals surface area (Å²) < 4.78 is 92.2. The second-order valence-electron chi connectivity index (χ2n) is 16.7. The molecule has 19 nitrogen and oxygen atoms in total. The van der Waals surface area contributed by atoms with Gasteiger partial charge in [-0.1, -0.05) is 57.1 Å². The fourth-order valence-corrected chi connectivity index (χ4v) is 10.1. The molecule has 7 aromatic rings. The second kappa shape index (κ2) is 50.2. The molecule has 4 fully saturated rings. The van der Waals surface area contributed by atoms with Crippen molar-refractivity contribution in [2.45, 2.75) is 90.9 Å². The summed E-state index contributed by atoms with van der Waals surface area (Å²) in [6.07, 6.45) is 20.0. The molecule has 4 aliphatic heterocycles. The molecule has 0 amide bonds. The third-order valence-corrected chi connectivity index (χ3v) is 14.5. The van der Waals surface area contributed by atoms with Gasteiger partial charge in [0.2, 0.25) is 9.05 Å². The van der Waals surface area contributed by atoms with E-state index in [0.29, 0.717) is 22.5 Å². The number of ether oxygens (including phenoxy) is 1. The number of alkyl halides is 2. The van der Waals surface area contributed by atoms with Crippen LogP contribution in [0.4, 0.5) is 19.0 Å². The molecule has 5 N–H and O–H groups in total. The van der Waals surface area contributed by atoms with Gasteiger partial charge in [-0.2, -0.15) is 8.42 Å². The van der Waals surface area contributed by atoms with Gasteiger partial charge in [-0.3, -0.25) is 22.6 Å². The Morgan fingerprint density at radius 2 is 1.26 bits per heavy atom. The predicted molar refractivity (Wildman–Crippen MR) is 353 cm³/mol. The van der Waals surface area contributed by atoms with Crippen LogP contribution in [0.5, 0.6) is 0 Å². The van der Waals surface area contributed by atoms with Crippen molar-refractivity contribution in [1.29, 1.82) is 0 Å². The van der Waals surface area contributed by atoms with Gasteiger partial charge in [0.05, 0.1) is 47.9 Å². The van der Waals surface area contributed by atoms with E-state index in [1.807, 2.05) is 71.1 Å². The number of aliphatic hydroxyl groups is 2. The van der Waals surface area contributed by atoms with Crippen LogP contribution < -0.4 is 15.1 Å². The van der Waals surface area contributed by atoms with Gasteiger partial charge in [0, 0.05) is 131 Å². The molecule has 5 aromatic heterocycles. The number of thiol groups is 1. The van der Waals surface area contributed by atoms with Gasteiger partial charge in [-0.05, 0) is 104 Å². The van der Waals surface area contributed by atoms with E-state index in [4.69, 9.17) is 29.7 Å². The number of hydrogen-bond donors (Lipinski definition) is 6. The van der Waals surface area contributed by atoms with Crippen molar-refractivity contribution in [3.63, 3.8) is 0 Å². The average molecular weight is 1400 g/mol. The number of H-pyrrole nitrogens is 2. The monoisotopic (exact) mass is 1400 g/mol. The SMILES string of the molecule is C.C1CCOC1.CS(=O)(=O)Cl.CS(=O)(=O)OC1CCN(c2nccs2)CC1.Clc1nccs1.O=Cc1ccc2c(Br)c[nH]c2c1.O=Cc1ccc2cc[nH]c2c1.OC1CCN(c2nccs2)CC1.OC1CCNCC1.[2H]CC.[2H]CF.[2H]CF.[B]=NS. The topological polar surface area (TPSA) is 262 Å². The molecular formula is C53H80BBrCl2F2N9O10S6. The van der Waals surface area contributed by atoms with E-state index in [0.717, 1.165) is 153 Å². The van der Waals surface area contributed by atoms with Gasteiger partial charge in [0.15, 0.2) is 14.7 Å². The zero-order valence-corrected chi connectivity index (χ0v) is 54.4. The van der Waals surface area contributed by atoms with Crippen molar-refractivity contribution in [1.82, 2.24) is 30.2 Å². The molecule has 2 aromatic carbocycles. The van der Waals surface area contributed by atoms with Crippen LogP contribution in [0, 0.1) is 0 Å². The molecule has 9 heterocycles. The normalized spacial score (nSPS) is 15.0. The van der Waals surface area contributed by atoms with Gasteiger partial charge in [0.25, 0.3) is 10.1 Å². The molecule has 0 aliphatic carbocycles. The average Bonchev–Trinajstić information content (AvgIpc) is 4.57. The van der Waals surface area contributed by atoms with Gasteiger partial charge in [-0.15, -0.1) is 34.0 Å². The van der Waals surface area contributed by atoms with E-state index < -0.39 is 33.5 Å². The zero-order valence-electron chi connectivity index (χ0n) is 49.3. The van der Waals surface area contributed by atoms with Gasteiger partial charge in [0.1, 0.15) is 12.6 Å². The first-order valence-corrected chi connectivity index (χ1v) is 33.9. The van der Waals surface area contributed by atoms with Gasteiger partial charge in [-0.25, -0.2) is 23.4 Å². The molecule has 31 heteroatoms. The summed E-state index contributed by atoms with van der Waals surface area (Å²) in [4.78, 5) is 43.4. The van der Waals surface area contributed by atoms with Gasteiger partial charge < -0.3 is 40.0 Å². The van der Waals surface area contributed by atoms with Crippen LogP contribution in [0.15, 0.2) is 98.4 Å². The van der Waals surface area contributed by atoms with Crippen LogP contribution >= 0.6 is 85.0 Å². The Labute approximate surface area is 535 Å². The van der Waals surface area contributed by atoms with E-state index in [2.05, 4.69) is 91.4 Å². The molecule has 84 heavy (non-hydrogen) atoms. The number of benzene rings is 2. The first-order valence-electron chi connectivity index (χ1n) is 27.2. The van der Waals surface area contributed by atoms with E-state index in [-0.39, 0.29) is 25.7 Å². The molecule has 471 valence electrons. The molecule has 4 saturated heterocycles. The van der Waals surface area contributed by atoms with Crippen molar-refractivity contribution in [2.24, 2.45) is 4.30 Å². The van der Waals surface area contributed by atoms with Crippen LogP contribution in [0.3, 0.4) is 0 Å². The summed E-state index contributed by atoms with van der Waals surface area (Å²) in [7, 11) is 0.318. The molecule has 0 saturated carbocycles. The quantitative estimate of drug-likeness (QED) is 0.0297. The Hall–Kier alpha value is -3.82. The van der Waals surface area contributed by atoms with Crippen molar-refractivity contribution in [3.8, 4) is 0 Å². The van der Waals surface area contributed by atoms with Crippen molar-refractivity contribution in [2.75, 3.05) is 89.1 Å². The summed E-state index contributed by atoms with van der Waals surface area (Å²) in [5.74, 6) is 0. The number of carbonyl (C=O) groups excluding carboxylic acids is 2. The Balaban J connectivity index is 0. The number of nitrogens with one attached hydrogen (secondary N) is 3. The first kappa shape index (κ1) is 76.3. The van der Waals surface area contributed by atoms with Crippen LogP contribution in [-0.4, -0.2) is 170 Å². The van der Waals surface area contributed by atoms with Crippen molar-refractivity contribution >= 4 is 156 Å². The number of anilines is 2. The van der Waals surface area contributed by atoms with Crippen LogP contribution in [0.2, 0.25) is 4.47 Å². The molecule has 0 spiro atoms. The fraction of sp³-hybridized carbons (Fsp3) is 0.491. The number of aromatic amines is 2. The van der Waals surface area contributed by atoms with Crippen LogP contribution in [-0.2, 0) is 28.1 Å². The fourth-order valence-electron chi connectivity index (χ4n) is 7.04. The third-order valence-electron chi connectivity index (χ3n) is 10.6. The molecule has 0 atom stereocenters. The minimum atomic E-state index is -3.33. The Morgan fingerprint density at radius 3 is 1.64 bits per heavy atom. The number of fused-ring (bicyclic) bond motifs is 2. The summed E-state index contributed by atoms with van der Waals surface area (Å²) in [6.45, 7) is 9.74. The molecule has 11 rings (SSSR count). The minimum absolute atomic E-state index is 0. The number of nitrogens with zero attached hydrogens (tertiary/aromatic N) is 6.